The third-order valence-corrected chi connectivity index (χ3v) is 2.63. The number of benzene rings is 1. The van der Waals surface area contributed by atoms with Crippen molar-refractivity contribution in [2.75, 3.05) is 0 Å². The van der Waals surface area contributed by atoms with Crippen molar-refractivity contribution in [1.82, 2.24) is 15.0 Å². The van der Waals surface area contributed by atoms with Crippen molar-refractivity contribution in [3.63, 3.8) is 0 Å². The van der Waals surface area contributed by atoms with E-state index in [0.29, 0.717) is 11.3 Å². The Kier molecular flexibility index (Phi) is 2.14. The summed E-state index contributed by atoms with van der Waals surface area (Å²) < 4.78 is 13.0. The molecule has 3 rings (SSSR count). The predicted molar refractivity (Wildman–Crippen MR) is 64.0 cm³/mol. The van der Waals surface area contributed by atoms with Crippen LogP contribution in [-0.2, 0) is 0 Å². The van der Waals surface area contributed by atoms with Crippen LogP contribution < -0.4 is 0 Å². The van der Waals surface area contributed by atoms with Crippen molar-refractivity contribution < 1.29 is 4.39 Å². The summed E-state index contributed by atoms with van der Waals surface area (Å²) in [6.45, 7) is 1.93. The summed E-state index contributed by atoms with van der Waals surface area (Å²) in [7, 11) is 0. The number of fused-ring (bicyclic) bond motifs is 1. The Labute approximate surface area is 97.3 Å². The van der Waals surface area contributed by atoms with E-state index in [0.717, 1.165) is 16.8 Å². The molecule has 0 bridgehead atoms. The lowest BCUT2D eigenvalue weighted by atomic mass is 10.2. The van der Waals surface area contributed by atoms with Crippen molar-refractivity contribution in [3.05, 3.63) is 48.0 Å². The first-order chi connectivity index (χ1) is 8.22. The summed E-state index contributed by atoms with van der Waals surface area (Å²) in [6, 6.07) is 8.36. The number of pyridine rings is 1. The number of nitrogens with one attached hydrogen (secondary N) is 1. The molecule has 1 N–H and O–H groups in total. The fourth-order valence-corrected chi connectivity index (χ4v) is 1.73. The van der Waals surface area contributed by atoms with E-state index in [-0.39, 0.29) is 5.82 Å². The fraction of sp³-hybridized carbons (Fsp3) is 0.0769. The zero-order chi connectivity index (χ0) is 11.8. The Morgan fingerprint density at radius 2 is 2.06 bits per heavy atom. The van der Waals surface area contributed by atoms with Crippen LogP contribution in [0.25, 0.3) is 22.4 Å². The van der Waals surface area contributed by atoms with E-state index in [1.165, 1.54) is 12.1 Å². The number of halogens is 1. The first kappa shape index (κ1) is 9.96. The van der Waals surface area contributed by atoms with Gasteiger partial charge >= 0.3 is 0 Å². The topological polar surface area (TPSA) is 41.6 Å². The highest BCUT2D eigenvalue weighted by Crippen LogP contribution is 2.20. The highest BCUT2D eigenvalue weighted by Gasteiger charge is 2.05. The van der Waals surface area contributed by atoms with E-state index in [4.69, 9.17) is 0 Å². The molecular formula is C13H10FN3. The number of imidazole rings is 1. The van der Waals surface area contributed by atoms with Gasteiger partial charge in [-0.3, -0.25) is 4.98 Å². The molecule has 4 heteroatoms. The Balaban J connectivity index is 2.14. The molecule has 0 aliphatic carbocycles. The lowest BCUT2D eigenvalue weighted by Gasteiger charge is -1.95. The van der Waals surface area contributed by atoms with Crippen LogP contribution in [0.4, 0.5) is 4.39 Å². The van der Waals surface area contributed by atoms with E-state index in [9.17, 15) is 4.39 Å². The minimum atomic E-state index is -0.269. The van der Waals surface area contributed by atoms with E-state index in [1.807, 2.05) is 19.1 Å². The highest BCUT2D eigenvalue weighted by molar-refractivity contribution is 5.79. The van der Waals surface area contributed by atoms with Crippen LogP contribution in [0.15, 0.2) is 36.5 Å². The predicted octanol–water partition coefficient (Wildman–Crippen LogP) is 3.07. The monoisotopic (exact) mass is 227 g/mol. The van der Waals surface area contributed by atoms with E-state index in [2.05, 4.69) is 15.0 Å². The van der Waals surface area contributed by atoms with Gasteiger partial charge in [0.1, 0.15) is 11.6 Å². The van der Waals surface area contributed by atoms with Crippen molar-refractivity contribution in [2.24, 2.45) is 0 Å². The quantitative estimate of drug-likeness (QED) is 0.694. The van der Waals surface area contributed by atoms with Crippen LogP contribution in [0.5, 0.6) is 0 Å². The maximum absolute atomic E-state index is 13.0. The van der Waals surface area contributed by atoms with Crippen LogP contribution in [-0.4, -0.2) is 15.0 Å². The summed E-state index contributed by atoms with van der Waals surface area (Å²) in [5, 5.41) is 0. The van der Waals surface area contributed by atoms with Crippen LogP contribution in [0.3, 0.4) is 0 Å². The molecule has 0 saturated heterocycles. The van der Waals surface area contributed by atoms with Crippen LogP contribution in [0.1, 0.15) is 5.69 Å². The first-order valence-corrected chi connectivity index (χ1v) is 5.31. The van der Waals surface area contributed by atoms with Gasteiger partial charge in [0.15, 0.2) is 0 Å². The molecule has 17 heavy (non-hydrogen) atoms. The molecule has 1 aromatic carbocycles. The van der Waals surface area contributed by atoms with Crippen molar-refractivity contribution >= 4 is 11.0 Å². The molecular weight excluding hydrogens is 217 g/mol. The molecule has 84 valence electrons. The van der Waals surface area contributed by atoms with Gasteiger partial charge in [0.2, 0.25) is 0 Å². The maximum Gasteiger partial charge on any atom is 0.140 e. The smallest absolute Gasteiger partial charge is 0.140 e. The molecule has 0 saturated carbocycles. The third-order valence-electron chi connectivity index (χ3n) is 2.63. The second-order valence-corrected chi connectivity index (χ2v) is 3.94. The molecule has 0 radical (unpaired) electrons. The Hall–Kier alpha value is -2.23. The van der Waals surface area contributed by atoms with Gasteiger partial charge in [0, 0.05) is 17.5 Å². The lowest BCUT2D eigenvalue weighted by molar-refractivity contribution is 0.629. The van der Waals surface area contributed by atoms with Gasteiger partial charge in [-0.15, -0.1) is 0 Å². The van der Waals surface area contributed by atoms with Crippen LogP contribution in [0.2, 0.25) is 0 Å². The van der Waals surface area contributed by atoms with E-state index in [1.54, 1.807) is 12.3 Å². The fourth-order valence-electron chi connectivity index (χ4n) is 1.73. The van der Waals surface area contributed by atoms with E-state index < -0.39 is 0 Å². The largest absolute Gasteiger partial charge is 0.338 e. The lowest BCUT2D eigenvalue weighted by Crippen LogP contribution is -1.84. The summed E-state index contributed by atoms with van der Waals surface area (Å²) >= 11 is 0. The van der Waals surface area contributed by atoms with Crippen molar-refractivity contribution in [1.29, 1.82) is 0 Å². The van der Waals surface area contributed by atoms with Crippen LogP contribution in [0, 0.1) is 12.7 Å². The van der Waals surface area contributed by atoms with Gasteiger partial charge in [-0.2, -0.15) is 0 Å². The number of aromatic nitrogens is 3. The van der Waals surface area contributed by atoms with Crippen molar-refractivity contribution in [3.8, 4) is 11.4 Å². The molecule has 2 aromatic heterocycles. The molecule has 2 heterocycles. The molecule has 0 aliphatic heterocycles. The van der Waals surface area contributed by atoms with Gasteiger partial charge in [-0.25, -0.2) is 9.37 Å². The molecule has 0 spiro atoms. The number of nitrogens with zero attached hydrogens (tertiary/aromatic N) is 2. The summed E-state index contributed by atoms with van der Waals surface area (Å²) in [5.41, 5.74) is 3.30. The Morgan fingerprint density at radius 3 is 2.82 bits per heavy atom. The normalized spacial score (nSPS) is 10.9. The minimum absolute atomic E-state index is 0.269. The second kappa shape index (κ2) is 3.66. The second-order valence-electron chi connectivity index (χ2n) is 3.94. The number of hydrogen-bond acceptors (Lipinski definition) is 2. The SMILES string of the molecule is Cc1ccc(-c2nc3ccc(F)cc3[nH]2)cn1. The van der Waals surface area contributed by atoms with E-state index >= 15 is 0 Å². The number of aryl methyl sites for hydroxylation is 1. The minimum Gasteiger partial charge on any atom is -0.338 e. The van der Waals surface area contributed by atoms with Crippen LogP contribution >= 0.6 is 0 Å². The van der Waals surface area contributed by atoms with Gasteiger partial charge in [0.05, 0.1) is 11.0 Å². The van der Waals surface area contributed by atoms with Crippen molar-refractivity contribution in [2.45, 2.75) is 6.92 Å². The summed E-state index contributed by atoms with van der Waals surface area (Å²) in [6.07, 6.45) is 1.75. The number of aromatic amines is 1. The van der Waals surface area contributed by atoms with Gasteiger partial charge in [-0.1, -0.05) is 0 Å². The number of hydrogen-bond donors (Lipinski definition) is 1. The zero-order valence-corrected chi connectivity index (χ0v) is 9.24. The Bertz CT molecular complexity index is 671. The average Bonchev–Trinajstić information content (AvgIpc) is 2.72. The molecule has 0 atom stereocenters. The molecule has 0 amide bonds. The number of H-pyrrole nitrogens is 1. The molecule has 0 aliphatic rings. The molecule has 0 fully saturated rings. The Morgan fingerprint density at radius 1 is 1.18 bits per heavy atom. The van der Waals surface area contributed by atoms with Gasteiger partial charge < -0.3 is 4.98 Å². The molecule has 3 nitrogen and oxygen atoms in total. The van der Waals surface area contributed by atoms with Gasteiger partial charge in [-0.05, 0) is 37.3 Å². The average molecular weight is 227 g/mol. The zero-order valence-electron chi connectivity index (χ0n) is 9.24. The summed E-state index contributed by atoms with van der Waals surface area (Å²) in [4.78, 5) is 11.7. The van der Waals surface area contributed by atoms with Gasteiger partial charge in [0.25, 0.3) is 0 Å². The third kappa shape index (κ3) is 1.78. The molecule has 0 unspecified atom stereocenters. The highest BCUT2D eigenvalue weighted by atomic mass is 19.1. The maximum atomic E-state index is 13.0. The first-order valence-electron chi connectivity index (χ1n) is 5.31. The summed E-state index contributed by atoms with van der Waals surface area (Å²) in [5.74, 6) is 0.438. The standard InChI is InChI=1S/C13H10FN3/c1-8-2-3-9(7-15-8)13-16-11-5-4-10(14)6-12(11)17-13/h2-7H,1H3,(H,16,17). The molecule has 3 aromatic rings. The number of rotatable bonds is 1.